The zero-order valence-corrected chi connectivity index (χ0v) is 21.8. The number of piperidine rings is 2. The monoisotopic (exact) mass is 491 g/mol. The molecule has 7 heteroatoms. The van der Waals surface area contributed by atoms with Crippen LogP contribution in [0.3, 0.4) is 0 Å². The molecule has 29 heavy (non-hydrogen) atoms. The van der Waals surface area contributed by atoms with E-state index in [4.69, 9.17) is 30.9 Å². The molecule has 0 aromatic carbocycles. The summed E-state index contributed by atoms with van der Waals surface area (Å²) in [6.45, 7) is 18.6. The van der Waals surface area contributed by atoms with Gasteiger partial charge in [-0.3, -0.25) is 0 Å². The molecule has 3 aliphatic heterocycles. The first-order valence-electron chi connectivity index (χ1n) is 11.3. The SMILES string of the molecule is CC(C)(C)N1CC2CCCC(CN(C(C)(C)C)CC3CCCC(C1)[N-]3)[N-]2.[Cl][Co][Cl]. The van der Waals surface area contributed by atoms with Crippen molar-refractivity contribution < 1.29 is 12.9 Å². The number of hydrogen-bond acceptors (Lipinski definition) is 2. The van der Waals surface area contributed by atoms with E-state index in [-0.39, 0.29) is 11.1 Å². The molecule has 3 fully saturated rings. The second kappa shape index (κ2) is 11.7. The summed E-state index contributed by atoms with van der Waals surface area (Å²) >= 11 is 0.382. The molecule has 0 N–H and O–H groups in total. The molecule has 4 atom stereocenters. The van der Waals surface area contributed by atoms with E-state index in [9.17, 15) is 0 Å². The quantitative estimate of drug-likeness (QED) is 0.406. The van der Waals surface area contributed by atoms with Gasteiger partial charge in [-0.15, -0.1) is 24.2 Å². The predicted octanol–water partition coefficient (Wildman–Crippen LogP) is 6.17. The zero-order chi connectivity index (χ0) is 21.7. The van der Waals surface area contributed by atoms with Gasteiger partial charge in [0.15, 0.2) is 0 Å². The minimum absolute atomic E-state index is 0.201. The fraction of sp³-hybridized carbons (Fsp3) is 1.00. The van der Waals surface area contributed by atoms with Crippen molar-refractivity contribution in [3.63, 3.8) is 0 Å². The number of hydrogen-bond donors (Lipinski definition) is 0. The molecule has 175 valence electrons. The van der Waals surface area contributed by atoms with Gasteiger partial charge in [0.25, 0.3) is 0 Å². The summed E-state index contributed by atoms with van der Waals surface area (Å²) < 4.78 is 0. The zero-order valence-electron chi connectivity index (χ0n) is 19.3. The summed E-state index contributed by atoms with van der Waals surface area (Å²) in [6.07, 6.45) is 7.75. The van der Waals surface area contributed by atoms with Crippen LogP contribution in [0, 0.1) is 0 Å². The first-order valence-corrected chi connectivity index (χ1v) is 14.1. The Kier molecular flexibility index (Phi) is 10.6. The molecule has 0 aromatic rings. The summed E-state index contributed by atoms with van der Waals surface area (Å²) in [5, 5.41) is 10.6. The summed E-state index contributed by atoms with van der Waals surface area (Å²) in [5.41, 5.74) is 0.402. The number of halogens is 2. The summed E-state index contributed by atoms with van der Waals surface area (Å²) in [6, 6.07) is 2.03. The Morgan fingerprint density at radius 3 is 1.07 bits per heavy atom. The van der Waals surface area contributed by atoms with Crippen molar-refractivity contribution in [1.29, 1.82) is 0 Å². The summed E-state index contributed by atoms with van der Waals surface area (Å²) in [5.74, 6) is 0. The Morgan fingerprint density at radius 2 is 0.862 bits per heavy atom. The average Bonchev–Trinajstić information content (AvgIpc) is 2.60. The summed E-state index contributed by atoms with van der Waals surface area (Å²) in [7, 11) is 9.47. The third-order valence-corrected chi connectivity index (χ3v) is 6.61. The minimum atomic E-state index is 0.201. The van der Waals surface area contributed by atoms with Crippen molar-refractivity contribution in [2.24, 2.45) is 0 Å². The third kappa shape index (κ3) is 8.76. The van der Waals surface area contributed by atoms with E-state index in [2.05, 4.69) is 51.3 Å². The number of nitrogens with zero attached hydrogens (tertiary/aromatic N) is 4. The molecule has 4 nitrogen and oxygen atoms in total. The molecule has 0 amide bonds. The van der Waals surface area contributed by atoms with Crippen LogP contribution in [0.5, 0.6) is 0 Å². The van der Waals surface area contributed by atoms with Gasteiger partial charge in [0.05, 0.1) is 0 Å². The van der Waals surface area contributed by atoms with E-state index in [1.54, 1.807) is 0 Å². The van der Waals surface area contributed by atoms with E-state index < -0.39 is 0 Å². The van der Waals surface area contributed by atoms with Gasteiger partial charge >= 0.3 is 33.2 Å². The fourth-order valence-corrected chi connectivity index (χ4v) is 4.89. The Morgan fingerprint density at radius 1 is 0.621 bits per heavy atom. The van der Waals surface area contributed by atoms with Crippen LogP contribution in [0.4, 0.5) is 0 Å². The standard InChI is InChI=1S/C22H42N4.2ClH.Co/c1-21(2,3)25-13-17-9-7-11-19(23-17)15-26(22(4,5)6)16-20-12-8-10-18(14-25)24-20;;;/h17-20H,7-16H2,1-6H3;2*1H;/q-2;;;+2/p-2. The van der Waals surface area contributed by atoms with Crippen LogP contribution in [0.25, 0.3) is 10.6 Å². The van der Waals surface area contributed by atoms with Gasteiger partial charge in [0.1, 0.15) is 0 Å². The second-order valence-electron chi connectivity index (χ2n) is 11.0. The molecule has 4 unspecified atom stereocenters. The molecule has 0 saturated carbocycles. The molecule has 0 aliphatic carbocycles. The van der Waals surface area contributed by atoms with Crippen LogP contribution in [-0.2, 0) is 12.9 Å². The average molecular weight is 492 g/mol. The first kappa shape index (κ1) is 26.2. The van der Waals surface area contributed by atoms with Crippen LogP contribution in [0.1, 0.15) is 80.1 Å². The molecular formula is C22H42Cl2CoN4-2. The van der Waals surface area contributed by atoms with E-state index >= 15 is 0 Å². The Balaban J connectivity index is 0.000000941. The molecule has 3 heterocycles. The molecule has 3 rings (SSSR count). The van der Waals surface area contributed by atoms with Gasteiger partial charge in [0.2, 0.25) is 0 Å². The molecule has 0 spiro atoms. The van der Waals surface area contributed by atoms with Crippen molar-refractivity contribution in [1.82, 2.24) is 9.80 Å². The first-order chi connectivity index (χ1) is 13.5. The molecule has 4 bridgehead atoms. The fourth-order valence-electron chi connectivity index (χ4n) is 4.89. The van der Waals surface area contributed by atoms with Crippen molar-refractivity contribution >= 4 is 20.3 Å². The van der Waals surface area contributed by atoms with Gasteiger partial charge in [-0.05, 0) is 67.7 Å². The summed E-state index contributed by atoms with van der Waals surface area (Å²) in [4.78, 5) is 5.37. The van der Waals surface area contributed by atoms with E-state index in [0.29, 0.717) is 37.1 Å². The van der Waals surface area contributed by atoms with Crippen LogP contribution in [0.2, 0.25) is 0 Å². The van der Waals surface area contributed by atoms with Gasteiger partial charge < -0.3 is 20.4 Å². The Labute approximate surface area is 194 Å². The number of fused-ring (bicyclic) bond motifs is 4. The second-order valence-corrected chi connectivity index (χ2v) is 12.7. The van der Waals surface area contributed by atoms with E-state index in [1.807, 2.05) is 0 Å². The Hall–Kier alpha value is 0.926. The van der Waals surface area contributed by atoms with Crippen molar-refractivity contribution in [3.05, 3.63) is 10.6 Å². The van der Waals surface area contributed by atoms with E-state index in [0.717, 1.165) is 26.2 Å². The normalized spacial score (nSPS) is 33.2. The van der Waals surface area contributed by atoms with Crippen LogP contribution < -0.4 is 0 Å². The van der Waals surface area contributed by atoms with Crippen molar-refractivity contribution in [2.75, 3.05) is 26.2 Å². The number of rotatable bonds is 0. The van der Waals surface area contributed by atoms with Gasteiger partial charge in [0, 0.05) is 11.1 Å². The van der Waals surface area contributed by atoms with Crippen molar-refractivity contribution in [3.8, 4) is 0 Å². The Bertz CT molecular complexity index is 414. The molecule has 0 radical (unpaired) electrons. The molecule has 3 saturated heterocycles. The van der Waals surface area contributed by atoms with Crippen LogP contribution >= 0.6 is 20.3 Å². The van der Waals surface area contributed by atoms with Crippen LogP contribution in [-0.4, -0.2) is 71.2 Å². The molecule has 3 aliphatic rings. The third-order valence-electron chi connectivity index (χ3n) is 6.61. The van der Waals surface area contributed by atoms with Gasteiger partial charge in [-0.1, -0.05) is 38.5 Å². The predicted molar refractivity (Wildman–Crippen MR) is 124 cm³/mol. The van der Waals surface area contributed by atoms with Gasteiger partial charge in [-0.2, -0.15) is 0 Å². The van der Waals surface area contributed by atoms with Gasteiger partial charge in [-0.25, -0.2) is 0 Å². The maximum atomic E-state index is 5.32. The van der Waals surface area contributed by atoms with Crippen LogP contribution in [0.15, 0.2) is 0 Å². The molecular weight excluding hydrogens is 450 g/mol. The topological polar surface area (TPSA) is 34.7 Å². The van der Waals surface area contributed by atoms with Crippen molar-refractivity contribution in [2.45, 2.75) is 115 Å². The van der Waals surface area contributed by atoms with E-state index in [1.165, 1.54) is 38.5 Å². The maximum absolute atomic E-state index is 5.32. The molecule has 0 aromatic heterocycles.